The summed E-state index contributed by atoms with van der Waals surface area (Å²) in [4.78, 5) is 13.6. The Balaban J connectivity index is 2.17. The molecule has 1 atom stereocenters. The van der Waals surface area contributed by atoms with Gasteiger partial charge in [0.2, 0.25) is 0 Å². The number of amides is 1. The molecule has 0 aromatic rings. The van der Waals surface area contributed by atoms with Crippen LogP contribution in [0.2, 0.25) is 0 Å². The van der Waals surface area contributed by atoms with Crippen LogP contribution in [0.3, 0.4) is 0 Å². The highest BCUT2D eigenvalue weighted by Gasteiger charge is 2.54. The molecule has 1 aliphatic heterocycles. The third-order valence-electron chi connectivity index (χ3n) is 4.65. The van der Waals surface area contributed by atoms with Crippen LogP contribution in [0, 0.1) is 5.92 Å². The van der Waals surface area contributed by atoms with Crippen molar-refractivity contribution in [2.75, 3.05) is 13.1 Å². The molecule has 2 fully saturated rings. The molecule has 2 aliphatic rings. The van der Waals surface area contributed by atoms with Crippen LogP contribution in [0.25, 0.3) is 0 Å². The molecule has 5 nitrogen and oxygen atoms in total. The van der Waals surface area contributed by atoms with Crippen molar-refractivity contribution in [1.82, 2.24) is 4.90 Å². The second-order valence-electron chi connectivity index (χ2n) is 6.26. The van der Waals surface area contributed by atoms with Gasteiger partial charge in [0.05, 0.1) is 0 Å². The molecule has 0 bridgehead atoms. The Kier molecular flexibility index (Phi) is 5.24. The van der Waals surface area contributed by atoms with Gasteiger partial charge >= 0.3 is 15.1 Å². The molecule has 0 radical (unpaired) electrons. The molecule has 0 spiro atoms. The monoisotopic (exact) mass is 321 g/mol. The van der Waals surface area contributed by atoms with Crippen molar-refractivity contribution >= 4 is 16.0 Å². The number of hydrogen-bond acceptors (Lipinski definition) is 3. The second-order valence-corrected chi connectivity index (χ2v) is 7.86. The molecule has 1 aliphatic carbocycles. The van der Waals surface area contributed by atoms with E-state index in [1.807, 2.05) is 0 Å². The van der Waals surface area contributed by atoms with E-state index in [1.165, 1.54) is 4.90 Å². The van der Waals surface area contributed by atoms with Gasteiger partial charge < -0.3 is 4.90 Å². The summed E-state index contributed by atoms with van der Waals surface area (Å²) in [6.45, 7) is 0.732. The molecule has 1 amide bonds. The summed E-state index contributed by atoms with van der Waals surface area (Å²) in [6.07, 6.45) is 6.37. The van der Waals surface area contributed by atoms with E-state index < -0.39 is 27.4 Å². The third-order valence-corrected chi connectivity index (χ3v) is 5.81. The van der Waals surface area contributed by atoms with Crippen LogP contribution in [-0.4, -0.2) is 41.9 Å². The molecule has 1 unspecified atom stereocenters. The first-order chi connectivity index (χ1) is 9.84. The van der Waals surface area contributed by atoms with Crippen molar-refractivity contribution in [3.05, 3.63) is 0 Å². The fourth-order valence-corrected chi connectivity index (χ4v) is 4.19. The highest BCUT2D eigenvalue weighted by Crippen LogP contribution is 2.36. The summed E-state index contributed by atoms with van der Waals surface area (Å²) in [5.41, 5.74) is 0. The normalized spacial score (nSPS) is 24.6. The highest BCUT2D eigenvalue weighted by molar-refractivity contribution is 7.87. The zero-order chi connectivity index (χ0) is 15.5. The number of hydrogen-bond donors (Lipinski definition) is 1. The first kappa shape index (κ1) is 16.7. The average Bonchev–Trinajstić information content (AvgIpc) is 2.47. The first-order valence-electron chi connectivity index (χ1n) is 7.80. The lowest BCUT2D eigenvalue weighted by atomic mass is 9.85. The molecule has 0 aromatic carbocycles. The van der Waals surface area contributed by atoms with Gasteiger partial charge in [0.1, 0.15) is 0 Å². The second kappa shape index (κ2) is 6.60. The van der Waals surface area contributed by atoms with Gasteiger partial charge in [-0.3, -0.25) is 9.35 Å². The predicted octanol–water partition coefficient (Wildman–Crippen LogP) is 2.52. The van der Waals surface area contributed by atoms with E-state index >= 15 is 4.39 Å². The maximum atomic E-state index is 15.0. The zero-order valence-corrected chi connectivity index (χ0v) is 13.1. The molecule has 7 heteroatoms. The van der Waals surface area contributed by atoms with Crippen LogP contribution in [-0.2, 0) is 14.9 Å². The van der Waals surface area contributed by atoms with Gasteiger partial charge in [0.25, 0.3) is 5.91 Å². The fraction of sp³-hybridized carbons (Fsp3) is 0.929. The summed E-state index contributed by atoms with van der Waals surface area (Å²) >= 11 is 0. The fourth-order valence-electron chi connectivity index (χ4n) is 3.40. The molecule has 1 saturated carbocycles. The van der Waals surface area contributed by atoms with Crippen molar-refractivity contribution < 1.29 is 22.2 Å². The minimum Gasteiger partial charge on any atom is -0.339 e. The van der Waals surface area contributed by atoms with Gasteiger partial charge in [0, 0.05) is 19.5 Å². The minimum absolute atomic E-state index is 0.153. The number of carbonyl (C=O) groups excluding carboxylic acids is 1. The maximum Gasteiger partial charge on any atom is 0.312 e. The van der Waals surface area contributed by atoms with Crippen molar-refractivity contribution in [2.45, 2.75) is 62.8 Å². The van der Waals surface area contributed by atoms with E-state index in [1.54, 1.807) is 0 Å². The lowest BCUT2D eigenvalue weighted by Gasteiger charge is -2.34. The molecule has 122 valence electrons. The van der Waals surface area contributed by atoms with Gasteiger partial charge in [-0.15, -0.1) is 0 Å². The summed E-state index contributed by atoms with van der Waals surface area (Å²) in [7, 11) is -5.07. The van der Waals surface area contributed by atoms with Crippen molar-refractivity contribution in [3.63, 3.8) is 0 Å². The summed E-state index contributed by atoms with van der Waals surface area (Å²) in [6, 6.07) is 0. The van der Waals surface area contributed by atoms with E-state index in [4.69, 9.17) is 0 Å². The molecule has 0 aromatic heterocycles. The number of piperidine rings is 1. The SMILES string of the molecule is O=C(N1CCCCC1)C(F)(CC1CCCCC1)S(=O)(=O)O. The number of rotatable bonds is 4. The van der Waals surface area contributed by atoms with Gasteiger partial charge in [-0.25, -0.2) is 4.39 Å². The standard InChI is InChI=1S/C14H24FNO4S/c15-14(21(18,19)20,11-12-7-3-1-4-8-12)13(17)16-9-5-2-6-10-16/h12H,1-11H2,(H,18,19,20). The largest absolute Gasteiger partial charge is 0.339 e. The average molecular weight is 321 g/mol. The number of likely N-dealkylation sites (tertiary alicyclic amines) is 1. The van der Waals surface area contributed by atoms with Gasteiger partial charge in [0.15, 0.2) is 0 Å². The van der Waals surface area contributed by atoms with Crippen LogP contribution in [0.15, 0.2) is 0 Å². The Bertz CT molecular complexity index is 469. The quantitative estimate of drug-likeness (QED) is 0.807. The minimum atomic E-state index is -5.07. The number of nitrogens with zero attached hydrogens (tertiary/aromatic N) is 1. The molecule has 1 heterocycles. The topological polar surface area (TPSA) is 74.7 Å². The van der Waals surface area contributed by atoms with Crippen LogP contribution >= 0.6 is 0 Å². The van der Waals surface area contributed by atoms with Crippen molar-refractivity contribution in [1.29, 1.82) is 0 Å². The van der Waals surface area contributed by atoms with E-state index in [-0.39, 0.29) is 5.92 Å². The van der Waals surface area contributed by atoms with Crippen LogP contribution < -0.4 is 0 Å². The molecule has 2 rings (SSSR count). The van der Waals surface area contributed by atoms with Crippen LogP contribution in [0.4, 0.5) is 4.39 Å². The zero-order valence-electron chi connectivity index (χ0n) is 12.3. The number of halogens is 1. The smallest absolute Gasteiger partial charge is 0.312 e. The summed E-state index contributed by atoms with van der Waals surface area (Å²) in [5, 5.41) is -3.17. The van der Waals surface area contributed by atoms with E-state index in [0.717, 1.165) is 38.5 Å². The van der Waals surface area contributed by atoms with Crippen LogP contribution in [0.5, 0.6) is 0 Å². The lowest BCUT2D eigenvalue weighted by Crippen LogP contribution is -2.53. The van der Waals surface area contributed by atoms with Crippen LogP contribution in [0.1, 0.15) is 57.8 Å². The molecular weight excluding hydrogens is 297 g/mol. The van der Waals surface area contributed by atoms with Gasteiger partial charge in [-0.05, 0) is 25.2 Å². The van der Waals surface area contributed by atoms with Gasteiger partial charge in [-0.1, -0.05) is 32.1 Å². The Labute approximate surface area is 125 Å². The van der Waals surface area contributed by atoms with Gasteiger partial charge in [-0.2, -0.15) is 8.42 Å². The highest BCUT2D eigenvalue weighted by atomic mass is 32.2. The lowest BCUT2D eigenvalue weighted by molar-refractivity contribution is -0.141. The molecule has 21 heavy (non-hydrogen) atoms. The Morgan fingerprint density at radius 3 is 2.14 bits per heavy atom. The number of alkyl halides is 1. The maximum absolute atomic E-state index is 15.0. The first-order valence-corrected chi connectivity index (χ1v) is 9.24. The Morgan fingerprint density at radius 1 is 1.10 bits per heavy atom. The molecule has 1 N–H and O–H groups in total. The Morgan fingerprint density at radius 2 is 1.62 bits per heavy atom. The predicted molar refractivity (Wildman–Crippen MR) is 77.0 cm³/mol. The summed E-state index contributed by atoms with van der Waals surface area (Å²) < 4.78 is 47.4. The van der Waals surface area contributed by atoms with E-state index in [0.29, 0.717) is 25.9 Å². The Hall–Kier alpha value is -0.690. The third kappa shape index (κ3) is 3.74. The van der Waals surface area contributed by atoms with E-state index in [9.17, 15) is 17.8 Å². The number of carbonyl (C=O) groups is 1. The molecular formula is C14H24FNO4S. The summed E-state index contributed by atoms with van der Waals surface area (Å²) in [5.74, 6) is -1.23. The van der Waals surface area contributed by atoms with Crippen molar-refractivity contribution in [2.24, 2.45) is 5.92 Å². The van der Waals surface area contributed by atoms with Crippen molar-refractivity contribution in [3.8, 4) is 0 Å². The van der Waals surface area contributed by atoms with E-state index in [2.05, 4.69) is 0 Å². The molecule has 1 saturated heterocycles.